The van der Waals surface area contributed by atoms with Crippen molar-refractivity contribution < 1.29 is 12.8 Å². The largest absolute Gasteiger partial charge is 0.353 e. The highest BCUT2D eigenvalue weighted by Gasteiger charge is 2.16. The first-order valence-corrected chi connectivity index (χ1v) is 17.1. The molecule has 4 heterocycles. The van der Waals surface area contributed by atoms with Crippen LogP contribution in [0, 0.1) is 5.82 Å². The summed E-state index contributed by atoms with van der Waals surface area (Å²) in [6.07, 6.45) is 9.18. The molecule has 7 rings (SSSR count). The van der Waals surface area contributed by atoms with E-state index in [0.29, 0.717) is 11.1 Å². The van der Waals surface area contributed by atoms with E-state index in [1.807, 2.05) is 36.7 Å². The molecule has 0 radical (unpaired) electrons. The molecule has 9 heteroatoms. The van der Waals surface area contributed by atoms with Gasteiger partial charge in [-0.2, -0.15) is 5.10 Å². The summed E-state index contributed by atoms with van der Waals surface area (Å²) in [4.78, 5) is 10.6. The fourth-order valence-corrected chi connectivity index (χ4v) is 6.90. The number of H-pyrrole nitrogens is 2. The Morgan fingerprint density at radius 1 is 0.841 bits per heavy atom. The third-order valence-electron chi connectivity index (χ3n) is 8.50. The summed E-state index contributed by atoms with van der Waals surface area (Å²) >= 11 is 0. The molecule has 1 aliphatic rings. The maximum Gasteiger partial charge on any atom is 0.147 e. The number of aromatic nitrogens is 4. The van der Waals surface area contributed by atoms with Gasteiger partial charge in [0.2, 0.25) is 0 Å². The number of nitrogens with one attached hydrogen (secondary N) is 2. The Balaban J connectivity index is 1.23. The van der Waals surface area contributed by atoms with Crippen LogP contribution in [0.5, 0.6) is 0 Å². The van der Waals surface area contributed by atoms with Crippen molar-refractivity contribution in [2.24, 2.45) is 0 Å². The Morgan fingerprint density at radius 3 is 2.52 bits per heavy atom. The number of piperidine rings is 1. The summed E-state index contributed by atoms with van der Waals surface area (Å²) in [5.74, 6) is -0.416. The third kappa shape index (κ3) is 6.02. The Labute approximate surface area is 256 Å². The van der Waals surface area contributed by atoms with E-state index in [2.05, 4.69) is 55.4 Å². The smallest absolute Gasteiger partial charge is 0.147 e. The number of sulfone groups is 1. The molecule has 0 spiro atoms. The molecule has 7 nitrogen and oxygen atoms in total. The molecular formula is C35H34FN5O2S. The monoisotopic (exact) mass is 607 g/mol. The lowest BCUT2D eigenvalue weighted by Gasteiger charge is -2.26. The number of fused-ring (bicyclic) bond motifs is 2. The average Bonchev–Trinajstić information content (AvgIpc) is 3.64. The highest BCUT2D eigenvalue weighted by atomic mass is 32.2. The molecule has 0 unspecified atom stereocenters. The molecule has 44 heavy (non-hydrogen) atoms. The number of rotatable bonds is 8. The van der Waals surface area contributed by atoms with Crippen LogP contribution in [0.15, 0.2) is 79.1 Å². The van der Waals surface area contributed by atoms with Crippen molar-refractivity contribution in [2.75, 3.05) is 25.1 Å². The Hall–Kier alpha value is -4.34. The normalized spacial score (nSPS) is 14.5. The number of halogens is 1. The van der Waals surface area contributed by atoms with E-state index in [1.165, 1.54) is 43.2 Å². The second-order valence-corrected chi connectivity index (χ2v) is 14.2. The number of aryl methyl sites for hydroxylation is 1. The minimum absolute atomic E-state index is 0.0264. The van der Waals surface area contributed by atoms with Crippen LogP contribution in [-0.2, 0) is 22.8 Å². The molecule has 6 aromatic rings. The van der Waals surface area contributed by atoms with E-state index in [4.69, 9.17) is 0 Å². The van der Waals surface area contributed by atoms with Crippen molar-refractivity contribution >= 4 is 31.6 Å². The maximum atomic E-state index is 14.7. The van der Waals surface area contributed by atoms with Crippen LogP contribution < -0.4 is 0 Å². The summed E-state index contributed by atoms with van der Waals surface area (Å²) in [6, 6.07) is 21.3. The molecule has 1 saturated heterocycles. The van der Waals surface area contributed by atoms with E-state index >= 15 is 0 Å². The van der Waals surface area contributed by atoms with E-state index in [9.17, 15) is 12.8 Å². The topological polar surface area (TPSA) is 94.7 Å². The lowest BCUT2D eigenvalue weighted by Crippen LogP contribution is -2.29. The van der Waals surface area contributed by atoms with Crippen LogP contribution in [0.3, 0.4) is 0 Å². The summed E-state index contributed by atoms with van der Waals surface area (Å²) in [6.45, 7) is 3.20. The van der Waals surface area contributed by atoms with E-state index in [-0.39, 0.29) is 18.0 Å². The van der Waals surface area contributed by atoms with Gasteiger partial charge in [-0.3, -0.25) is 15.0 Å². The van der Waals surface area contributed by atoms with Gasteiger partial charge in [0.15, 0.2) is 0 Å². The highest BCUT2D eigenvalue weighted by molar-refractivity contribution is 7.90. The second-order valence-electron chi connectivity index (χ2n) is 11.9. The van der Waals surface area contributed by atoms with Gasteiger partial charge in [0.05, 0.1) is 17.0 Å². The van der Waals surface area contributed by atoms with Crippen molar-refractivity contribution in [3.05, 3.63) is 96.1 Å². The zero-order chi connectivity index (χ0) is 30.3. The number of likely N-dealkylation sites (tertiary alicyclic amines) is 1. The van der Waals surface area contributed by atoms with Crippen LogP contribution in [0.1, 0.15) is 30.4 Å². The van der Waals surface area contributed by atoms with Gasteiger partial charge in [-0.15, -0.1) is 0 Å². The van der Waals surface area contributed by atoms with Crippen LogP contribution in [0.4, 0.5) is 4.39 Å². The van der Waals surface area contributed by atoms with Crippen LogP contribution in [0.25, 0.3) is 55.4 Å². The fourth-order valence-electron chi connectivity index (χ4n) is 6.29. The SMILES string of the molecule is CS(=O)(=O)CCc1cc(F)cc(-c2cccc3[nH]c(-c4n[nH]c5ccc(-c6cncc(CN7CCCCC7)c6)cc45)cc23)c1. The predicted octanol–water partition coefficient (Wildman–Crippen LogP) is 7.15. The van der Waals surface area contributed by atoms with Gasteiger partial charge in [0, 0.05) is 47.0 Å². The molecule has 0 atom stereocenters. The van der Waals surface area contributed by atoms with Crippen LogP contribution in [0.2, 0.25) is 0 Å². The van der Waals surface area contributed by atoms with Crippen molar-refractivity contribution in [1.29, 1.82) is 0 Å². The summed E-state index contributed by atoms with van der Waals surface area (Å²) < 4.78 is 38.1. The van der Waals surface area contributed by atoms with Gasteiger partial charge in [0.25, 0.3) is 0 Å². The first kappa shape index (κ1) is 28.4. The molecule has 0 bridgehead atoms. The van der Waals surface area contributed by atoms with Crippen molar-refractivity contribution in [1.82, 2.24) is 25.1 Å². The van der Waals surface area contributed by atoms with Gasteiger partial charge in [-0.05, 0) is 103 Å². The molecule has 1 fully saturated rings. The van der Waals surface area contributed by atoms with Crippen LogP contribution >= 0.6 is 0 Å². The standard InChI is InChI=1S/C35H34FN5O2S/c1-44(42,43)13-10-23-14-26(17-28(36)16-23)29-6-5-7-32-30(29)19-34(38-32)35-31-18-25(8-9-33(31)39-40-35)27-15-24(20-37-21-27)22-41-11-3-2-4-12-41/h5-9,14-21,38H,2-4,10-13,22H2,1H3,(H,39,40). The van der Waals surface area contributed by atoms with Gasteiger partial charge >= 0.3 is 0 Å². The van der Waals surface area contributed by atoms with E-state index in [0.717, 1.165) is 69.5 Å². The average molecular weight is 608 g/mol. The number of hydrogen-bond donors (Lipinski definition) is 2. The Kier molecular flexibility index (Phi) is 7.52. The number of aromatic amines is 2. The molecule has 224 valence electrons. The summed E-state index contributed by atoms with van der Waals surface area (Å²) in [5.41, 5.74) is 9.07. The van der Waals surface area contributed by atoms with Gasteiger partial charge < -0.3 is 4.98 Å². The zero-order valence-corrected chi connectivity index (χ0v) is 25.4. The molecule has 0 aliphatic carbocycles. The third-order valence-corrected chi connectivity index (χ3v) is 9.44. The first-order chi connectivity index (χ1) is 21.3. The molecule has 1 aliphatic heterocycles. The van der Waals surface area contributed by atoms with E-state index < -0.39 is 9.84 Å². The lowest BCUT2D eigenvalue weighted by atomic mass is 9.98. The molecule has 0 saturated carbocycles. The summed E-state index contributed by atoms with van der Waals surface area (Å²) in [7, 11) is -3.16. The van der Waals surface area contributed by atoms with Crippen molar-refractivity contribution in [2.45, 2.75) is 32.2 Å². The molecule has 2 N–H and O–H groups in total. The quantitative estimate of drug-likeness (QED) is 0.192. The second kappa shape index (κ2) is 11.6. The predicted molar refractivity (Wildman–Crippen MR) is 175 cm³/mol. The molecular weight excluding hydrogens is 573 g/mol. The minimum Gasteiger partial charge on any atom is -0.353 e. The Morgan fingerprint density at radius 2 is 1.68 bits per heavy atom. The van der Waals surface area contributed by atoms with Crippen molar-refractivity contribution in [3.8, 4) is 33.6 Å². The first-order valence-electron chi connectivity index (χ1n) is 15.0. The van der Waals surface area contributed by atoms with Crippen molar-refractivity contribution in [3.63, 3.8) is 0 Å². The van der Waals surface area contributed by atoms with Gasteiger partial charge in [-0.25, -0.2) is 12.8 Å². The summed E-state index contributed by atoms with van der Waals surface area (Å²) in [5, 5.41) is 9.77. The molecule has 0 amide bonds. The molecule has 3 aromatic heterocycles. The van der Waals surface area contributed by atoms with E-state index in [1.54, 1.807) is 0 Å². The minimum atomic E-state index is -3.16. The lowest BCUT2D eigenvalue weighted by molar-refractivity contribution is 0.220. The highest BCUT2D eigenvalue weighted by Crippen LogP contribution is 2.36. The van der Waals surface area contributed by atoms with Gasteiger partial charge in [-0.1, -0.05) is 30.7 Å². The number of benzene rings is 3. The van der Waals surface area contributed by atoms with Gasteiger partial charge in [0.1, 0.15) is 21.3 Å². The Bertz CT molecular complexity index is 2090. The maximum absolute atomic E-state index is 14.7. The van der Waals surface area contributed by atoms with Crippen LogP contribution in [-0.4, -0.2) is 58.6 Å². The molecule has 3 aromatic carbocycles. The number of nitrogens with zero attached hydrogens (tertiary/aromatic N) is 3. The zero-order valence-electron chi connectivity index (χ0n) is 24.6. The number of pyridine rings is 1. The fraction of sp³-hybridized carbons (Fsp3) is 0.257. The number of hydrogen-bond acceptors (Lipinski definition) is 5.